The summed E-state index contributed by atoms with van der Waals surface area (Å²) in [4.78, 5) is 15.0. The molecule has 0 amide bonds. The molecule has 0 radical (unpaired) electrons. The zero-order valence-electron chi connectivity index (χ0n) is 17.8. The van der Waals surface area contributed by atoms with E-state index in [1.165, 1.54) is 18.2 Å². The number of pyridine rings is 1. The molecule has 1 aromatic heterocycles. The molecule has 2 aliphatic rings. The normalized spacial score (nSPS) is 20.3. The van der Waals surface area contributed by atoms with Gasteiger partial charge in [-0.3, -0.25) is 9.69 Å². The summed E-state index contributed by atoms with van der Waals surface area (Å²) in [5.41, 5.74) is 3.31. The molecule has 0 unspecified atom stereocenters. The number of fused-ring (bicyclic) bond motifs is 4. The Balaban J connectivity index is 1.46. The monoisotopic (exact) mass is 456 g/mol. The van der Waals surface area contributed by atoms with Crippen LogP contribution in [0.5, 0.6) is 11.5 Å². The number of aromatic nitrogens is 1. The van der Waals surface area contributed by atoms with Gasteiger partial charge >= 0.3 is 6.36 Å². The summed E-state index contributed by atoms with van der Waals surface area (Å²) < 4.78 is 43.3. The van der Waals surface area contributed by atoms with Crippen molar-refractivity contribution in [1.29, 1.82) is 0 Å². The van der Waals surface area contributed by atoms with E-state index in [1.807, 2.05) is 16.7 Å². The first-order valence-corrected chi connectivity index (χ1v) is 10.9. The molecule has 2 aromatic carbocycles. The van der Waals surface area contributed by atoms with E-state index in [0.717, 1.165) is 41.9 Å². The van der Waals surface area contributed by atoms with Gasteiger partial charge in [0.2, 0.25) is 0 Å². The van der Waals surface area contributed by atoms with Crippen molar-refractivity contribution in [2.24, 2.45) is 5.92 Å². The fourth-order valence-corrected chi connectivity index (χ4v) is 5.21. The van der Waals surface area contributed by atoms with Gasteiger partial charge in [0.25, 0.3) is 5.56 Å². The Hall–Kier alpha value is -3.26. The van der Waals surface area contributed by atoms with E-state index in [2.05, 4.69) is 9.64 Å². The highest BCUT2D eigenvalue weighted by Crippen LogP contribution is 2.41. The number of likely N-dealkylation sites (tertiary alicyclic amines) is 1. The lowest BCUT2D eigenvalue weighted by Gasteiger charge is -2.43. The average molecular weight is 456 g/mol. The van der Waals surface area contributed by atoms with E-state index in [9.17, 15) is 23.1 Å². The summed E-state index contributed by atoms with van der Waals surface area (Å²) in [6.45, 7) is 2.79. The molecule has 33 heavy (non-hydrogen) atoms. The van der Waals surface area contributed by atoms with Gasteiger partial charge in [-0.25, -0.2) is 0 Å². The molecule has 1 saturated heterocycles. The standard InChI is InChI=1S/C25H23F3N2O3/c26-25(27,28)33-20-7-5-17(6-8-20)21-9-10-23(32)30-13-16-11-19(24(21)30)15-29(12-16)14-18-3-1-2-4-22(18)31/h1-10,16,19,31H,11-15H2/t16-,19+/m0/s1. The lowest BCUT2D eigenvalue weighted by atomic mass is 9.80. The highest BCUT2D eigenvalue weighted by molar-refractivity contribution is 5.67. The van der Waals surface area contributed by atoms with Gasteiger partial charge in [-0.05, 0) is 42.2 Å². The number of ether oxygens (including phenoxy) is 1. The van der Waals surface area contributed by atoms with Gasteiger partial charge in [0.05, 0.1) is 0 Å². The van der Waals surface area contributed by atoms with Crippen molar-refractivity contribution in [3.8, 4) is 22.6 Å². The highest BCUT2D eigenvalue weighted by atomic mass is 19.4. The maximum Gasteiger partial charge on any atom is 0.573 e. The first kappa shape index (κ1) is 21.6. The van der Waals surface area contributed by atoms with Gasteiger partial charge in [-0.2, -0.15) is 0 Å². The maximum atomic E-state index is 12.7. The van der Waals surface area contributed by atoms with Gasteiger partial charge in [0.1, 0.15) is 11.5 Å². The molecule has 1 N–H and O–H groups in total. The number of hydrogen-bond acceptors (Lipinski definition) is 4. The predicted octanol–water partition coefficient (Wildman–Crippen LogP) is 4.74. The van der Waals surface area contributed by atoms with E-state index in [-0.39, 0.29) is 23.0 Å². The summed E-state index contributed by atoms with van der Waals surface area (Å²) in [6, 6.07) is 16.3. The molecule has 3 aromatic rings. The molecule has 8 heteroatoms. The zero-order valence-corrected chi connectivity index (χ0v) is 17.8. The number of phenols is 1. The van der Waals surface area contributed by atoms with Crippen molar-refractivity contribution in [1.82, 2.24) is 9.47 Å². The topological polar surface area (TPSA) is 54.7 Å². The van der Waals surface area contributed by atoms with Gasteiger partial charge in [-0.15, -0.1) is 13.2 Å². The summed E-state index contributed by atoms with van der Waals surface area (Å²) >= 11 is 0. The second kappa shape index (κ2) is 8.26. The van der Waals surface area contributed by atoms with Crippen LogP contribution in [0, 0.1) is 5.92 Å². The van der Waals surface area contributed by atoms with E-state index < -0.39 is 6.36 Å². The Morgan fingerprint density at radius 1 is 0.970 bits per heavy atom. The molecule has 0 aliphatic carbocycles. The molecule has 0 spiro atoms. The van der Waals surface area contributed by atoms with Gasteiger partial charge in [-0.1, -0.05) is 30.3 Å². The third kappa shape index (κ3) is 4.48. The van der Waals surface area contributed by atoms with E-state index in [4.69, 9.17) is 0 Å². The molecule has 2 bridgehead atoms. The second-order valence-corrected chi connectivity index (χ2v) is 8.77. The number of phenolic OH excluding ortho intramolecular Hbond substituents is 1. The minimum Gasteiger partial charge on any atom is -0.508 e. The first-order valence-electron chi connectivity index (χ1n) is 10.9. The number of piperidine rings is 1. The number of hydrogen-bond donors (Lipinski definition) is 1. The number of para-hydroxylation sites is 1. The Morgan fingerprint density at radius 3 is 2.45 bits per heavy atom. The Bertz CT molecular complexity index is 1220. The fraction of sp³-hybridized carbons (Fsp3) is 0.320. The van der Waals surface area contributed by atoms with E-state index in [0.29, 0.717) is 19.0 Å². The number of alkyl halides is 3. The van der Waals surface area contributed by atoms with Crippen molar-refractivity contribution < 1.29 is 23.0 Å². The molecule has 5 rings (SSSR count). The molecular formula is C25H23F3N2O3. The van der Waals surface area contributed by atoms with Crippen LogP contribution in [0.2, 0.25) is 0 Å². The number of rotatable bonds is 4. The van der Waals surface area contributed by atoms with Crippen molar-refractivity contribution in [2.75, 3.05) is 13.1 Å². The van der Waals surface area contributed by atoms with Crippen molar-refractivity contribution >= 4 is 0 Å². The number of benzene rings is 2. The van der Waals surface area contributed by atoms with Crippen LogP contribution < -0.4 is 10.3 Å². The summed E-state index contributed by atoms with van der Waals surface area (Å²) in [7, 11) is 0. The summed E-state index contributed by atoms with van der Waals surface area (Å²) in [6.07, 6.45) is -3.79. The molecule has 1 fully saturated rings. The minimum atomic E-state index is -4.74. The summed E-state index contributed by atoms with van der Waals surface area (Å²) in [5.74, 6) is 0.419. The van der Waals surface area contributed by atoms with Gasteiger partial charge < -0.3 is 14.4 Å². The third-order valence-electron chi connectivity index (χ3n) is 6.45. The van der Waals surface area contributed by atoms with Crippen LogP contribution in [0.4, 0.5) is 13.2 Å². The number of nitrogens with zero attached hydrogens (tertiary/aromatic N) is 2. The molecule has 5 nitrogen and oxygen atoms in total. The molecule has 172 valence electrons. The summed E-state index contributed by atoms with van der Waals surface area (Å²) in [5, 5.41) is 10.2. The van der Waals surface area contributed by atoms with Crippen molar-refractivity contribution in [2.45, 2.75) is 31.8 Å². The van der Waals surface area contributed by atoms with Gasteiger partial charge in [0, 0.05) is 55.0 Å². The van der Waals surface area contributed by atoms with Crippen LogP contribution in [0.25, 0.3) is 11.1 Å². The fourth-order valence-electron chi connectivity index (χ4n) is 5.21. The van der Waals surface area contributed by atoms with Crippen molar-refractivity contribution in [3.63, 3.8) is 0 Å². The van der Waals surface area contributed by atoms with Crippen LogP contribution in [0.1, 0.15) is 23.6 Å². The number of halogens is 3. The molecule has 2 atom stereocenters. The zero-order chi connectivity index (χ0) is 23.2. The molecule has 0 saturated carbocycles. The molecule has 3 heterocycles. The Kier molecular flexibility index (Phi) is 5.40. The highest BCUT2D eigenvalue weighted by Gasteiger charge is 2.36. The molecule has 2 aliphatic heterocycles. The average Bonchev–Trinajstić information content (AvgIpc) is 2.76. The predicted molar refractivity (Wildman–Crippen MR) is 117 cm³/mol. The second-order valence-electron chi connectivity index (χ2n) is 8.77. The maximum absolute atomic E-state index is 12.7. The van der Waals surface area contributed by atoms with Crippen LogP contribution >= 0.6 is 0 Å². The van der Waals surface area contributed by atoms with Gasteiger partial charge in [0.15, 0.2) is 0 Å². The van der Waals surface area contributed by atoms with Crippen LogP contribution in [0.15, 0.2) is 65.5 Å². The van der Waals surface area contributed by atoms with Crippen LogP contribution in [0.3, 0.4) is 0 Å². The first-order chi connectivity index (χ1) is 15.8. The third-order valence-corrected chi connectivity index (χ3v) is 6.45. The minimum absolute atomic E-state index is 0.0605. The van der Waals surface area contributed by atoms with E-state index >= 15 is 0 Å². The number of aromatic hydroxyl groups is 1. The largest absolute Gasteiger partial charge is 0.573 e. The smallest absolute Gasteiger partial charge is 0.508 e. The lowest BCUT2D eigenvalue weighted by Crippen LogP contribution is -2.47. The van der Waals surface area contributed by atoms with E-state index in [1.54, 1.807) is 30.3 Å². The Morgan fingerprint density at radius 2 is 1.73 bits per heavy atom. The molecular weight excluding hydrogens is 433 g/mol. The van der Waals surface area contributed by atoms with Crippen molar-refractivity contribution in [3.05, 3.63) is 82.3 Å². The Labute approximate surface area is 188 Å². The van der Waals surface area contributed by atoms with Crippen LogP contribution in [-0.4, -0.2) is 34.0 Å². The quantitative estimate of drug-likeness (QED) is 0.616. The SMILES string of the molecule is O=c1ccc(-c2ccc(OC(F)(F)F)cc2)c2n1C[C@H]1C[C@@H]2CN(Cc2ccccc2O)C1. The van der Waals surface area contributed by atoms with Crippen LogP contribution in [-0.2, 0) is 13.1 Å². The lowest BCUT2D eigenvalue weighted by molar-refractivity contribution is -0.274.